The van der Waals surface area contributed by atoms with Crippen LogP contribution >= 0.6 is 12.4 Å². The third-order valence-corrected chi connectivity index (χ3v) is 4.65. The molecule has 2 aromatic rings. The molecule has 1 saturated carbocycles. The summed E-state index contributed by atoms with van der Waals surface area (Å²) < 4.78 is 3.32. The summed E-state index contributed by atoms with van der Waals surface area (Å²) in [6, 6.07) is 9.47. The van der Waals surface area contributed by atoms with Crippen LogP contribution in [-0.2, 0) is 11.8 Å². The first-order valence-corrected chi connectivity index (χ1v) is 7.89. The number of nitrogens with one attached hydrogen (secondary N) is 1. The number of nitrogens with two attached hydrogens (primary N) is 1. The molecule has 0 radical (unpaired) electrons. The van der Waals surface area contributed by atoms with Crippen molar-refractivity contribution >= 4 is 24.0 Å². The van der Waals surface area contributed by atoms with Gasteiger partial charge in [0.2, 0.25) is 5.91 Å². The van der Waals surface area contributed by atoms with Gasteiger partial charge in [-0.25, -0.2) is 4.68 Å². The lowest BCUT2D eigenvalue weighted by atomic mass is 10.1. The maximum absolute atomic E-state index is 12.7. The highest BCUT2D eigenvalue weighted by Gasteiger charge is 2.29. The van der Waals surface area contributed by atoms with Gasteiger partial charge in [-0.05, 0) is 38.3 Å². The SMILES string of the molecule is Cc1c(NC(=O)C2CCC(N)C2)c(=O)n(-c2ccccc2)n1C.Cl. The van der Waals surface area contributed by atoms with Crippen LogP contribution in [0.4, 0.5) is 5.69 Å². The fraction of sp³-hybridized carbons (Fsp3) is 0.412. The highest BCUT2D eigenvalue weighted by atomic mass is 35.5. The first kappa shape index (κ1) is 18.3. The number of aromatic nitrogens is 2. The van der Waals surface area contributed by atoms with Crippen LogP contribution in [0.3, 0.4) is 0 Å². The molecule has 1 aromatic heterocycles. The molecule has 1 aromatic carbocycles. The van der Waals surface area contributed by atoms with Crippen LogP contribution in [0.15, 0.2) is 35.1 Å². The first-order valence-electron chi connectivity index (χ1n) is 7.89. The molecule has 6 nitrogen and oxygen atoms in total. The van der Waals surface area contributed by atoms with E-state index in [0.717, 1.165) is 24.2 Å². The smallest absolute Gasteiger partial charge is 0.295 e. The fourth-order valence-corrected chi connectivity index (χ4v) is 3.19. The minimum Gasteiger partial charge on any atom is -0.328 e. The van der Waals surface area contributed by atoms with Crippen molar-refractivity contribution in [3.8, 4) is 5.69 Å². The first-order chi connectivity index (χ1) is 11.0. The zero-order chi connectivity index (χ0) is 16.6. The van der Waals surface area contributed by atoms with E-state index in [1.807, 2.05) is 44.3 Å². The van der Waals surface area contributed by atoms with Crippen molar-refractivity contribution in [1.29, 1.82) is 0 Å². The van der Waals surface area contributed by atoms with E-state index >= 15 is 0 Å². The van der Waals surface area contributed by atoms with Crippen LogP contribution in [-0.4, -0.2) is 21.3 Å². The highest BCUT2D eigenvalue weighted by Crippen LogP contribution is 2.25. The normalized spacial score (nSPS) is 19.8. The third-order valence-electron chi connectivity index (χ3n) is 4.65. The van der Waals surface area contributed by atoms with Crippen molar-refractivity contribution < 1.29 is 4.79 Å². The zero-order valence-corrected chi connectivity index (χ0v) is 14.7. The molecule has 1 aliphatic rings. The summed E-state index contributed by atoms with van der Waals surface area (Å²) in [6.07, 6.45) is 2.33. The number of carbonyl (C=O) groups excluding carboxylic acids is 1. The van der Waals surface area contributed by atoms with Crippen molar-refractivity contribution in [1.82, 2.24) is 9.36 Å². The maximum Gasteiger partial charge on any atom is 0.295 e. The summed E-state index contributed by atoms with van der Waals surface area (Å²) in [5, 5.41) is 2.82. The van der Waals surface area contributed by atoms with Gasteiger partial charge < -0.3 is 11.1 Å². The Morgan fingerprint density at radius 2 is 1.92 bits per heavy atom. The second kappa shape index (κ2) is 7.23. The molecule has 24 heavy (non-hydrogen) atoms. The molecule has 2 atom stereocenters. The highest BCUT2D eigenvalue weighted by molar-refractivity contribution is 5.93. The van der Waals surface area contributed by atoms with Crippen molar-refractivity contribution in [2.75, 3.05) is 5.32 Å². The average Bonchev–Trinajstić information content (AvgIpc) is 3.06. The van der Waals surface area contributed by atoms with Crippen molar-refractivity contribution in [3.05, 3.63) is 46.4 Å². The number of hydrogen-bond donors (Lipinski definition) is 2. The molecule has 1 amide bonds. The Morgan fingerprint density at radius 3 is 2.50 bits per heavy atom. The van der Waals surface area contributed by atoms with Gasteiger partial charge in [0.1, 0.15) is 5.69 Å². The Hall–Kier alpha value is -2.05. The Morgan fingerprint density at radius 1 is 1.25 bits per heavy atom. The molecule has 3 rings (SSSR count). The number of benzene rings is 1. The number of halogens is 1. The number of carbonyl (C=O) groups is 1. The number of amides is 1. The van der Waals surface area contributed by atoms with Gasteiger partial charge in [0.15, 0.2) is 0 Å². The molecule has 7 heteroatoms. The Labute approximate surface area is 147 Å². The molecule has 3 N–H and O–H groups in total. The van der Waals surface area contributed by atoms with Crippen LogP contribution in [0.1, 0.15) is 25.0 Å². The van der Waals surface area contributed by atoms with E-state index in [-0.39, 0.29) is 35.8 Å². The molecule has 130 valence electrons. The van der Waals surface area contributed by atoms with Crippen LogP contribution in [0.2, 0.25) is 0 Å². The molecular formula is C17H23ClN4O2. The monoisotopic (exact) mass is 350 g/mol. The molecule has 0 aliphatic heterocycles. The lowest BCUT2D eigenvalue weighted by molar-refractivity contribution is -0.119. The zero-order valence-electron chi connectivity index (χ0n) is 13.9. The lowest BCUT2D eigenvalue weighted by Gasteiger charge is -2.09. The summed E-state index contributed by atoms with van der Waals surface area (Å²) in [4.78, 5) is 25.1. The summed E-state index contributed by atoms with van der Waals surface area (Å²) in [5.74, 6) is -0.210. The molecule has 0 bridgehead atoms. The van der Waals surface area contributed by atoms with E-state index < -0.39 is 0 Å². The molecule has 1 heterocycles. The Balaban J connectivity index is 0.00000208. The van der Waals surface area contributed by atoms with E-state index in [4.69, 9.17) is 5.73 Å². The van der Waals surface area contributed by atoms with Crippen molar-refractivity contribution in [2.45, 2.75) is 32.2 Å². The van der Waals surface area contributed by atoms with Gasteiger partial charge in [-0.2, -0.15) is 0 Å². The standard InChI is InChI=1S/C17H22N4O2.ClH/c1-11-15(19-16(22)12-8-9-13(18)10-12)17(23)21(20(11)2)14-6-4-3-5-7-14;/h3-7,12-13H,8-10,18H2,1-2H3,(H,19,22);1H. The second-order valence-electron chi connectivity index (χ2n) is 6.20. The molecule has 0 spiro atoms. The minimum atomic E-state index is -0.216. The van der Waals surface area contributed by atoms with E-state index in [9.17, 15) is 9.59 Å². The number of nitrogens with zero attached hydrogens (tertiary/aromatic N) is 2. The predicted octanol–water partition coefficient (Wildman–Crippen LogP) is 1.97. The Kier molecular flexibility index (Phi) is 5.51. The van der Waals surface area contributed by atoms with E-state index in [0.29, 0.717) is 12.1 Å². The van der Waals surface area contributed by atoms with Crippen LogP contribution in [0, 0.1) is 12.8 Å². The van der Waals surface area contributed by atoms with Gasteiger partial charge in [-0.3, -0.25) is 14.3 Å². The van der Waals surface area contributed by atoms with E-state index in [2.05, 4.69) is 5.32 Å². The third kappa shape index (κ3) is 3.25. The summed E-state index contributed by atoms with van der Waals surface area (Å²) in [6.45, 7) is 1.83. The molecule has 1 aliphatic carbocycles. The molecule has 1 fully saturated rings. The second-order valence-corrected chi connectivity index (χ2v) is 6.20. The number of anilines is 1. The molecular weight excluding hydrogens is 328 g/mol. The van der Waals surface area contributed by atoms with E-state index in [1.54, 1.807) is 9.36 Å². The van der Waals surface area contributed by atoms with Gasteiger partial charge in [0.25, 0.3) is 5.56 Å². The summed E-state index contributed by atoms with van der Waals surface area (Å²) in [7, 11) is 1.81. The van der Waals surface area contributed by atoms with Crippen LogP contribution in [0.25, 0.3) is 5.69 Å². The quantitative estimate of drug-likeness (QED) is 0.887. The van der Waals surface area contributed by atoms with Gasteiger partial charge in [-0.15, -0.1) is 12.4 Å². The summed E-state index contributed by atoms with van der Waals surface area (Å²) in [5.41, 5.74) is 7.50. The Bertz CT molecular complexity index is 782. The maximum atomic E-state index is 12.7. The van der Waals surface area contributed by atoms with Gasteiger partial charge >= 0.3 is 0 Å². The topological polar surface area (TPSA) is 82.1 Å². The lowest BCUT2D eigenvalue weighted by Crippen LogP contribution is -2.27. The minimum absolute atomic E-state index is 0. The number of hydrogen-bond acceptors (Lipinski definition) is 3. The van der Waals surface area contributed by atoms with E-state index in [1.165, 1.54) is 0 Å². The fourth-order valence-electron chi connectivity index (χ4n) is 3.19. The number of para-hydroxylation sites is 1. The van der Waals surface area contributed by atoms with Crippen molar-refractivity contribution in [2.24, 2.45) is 18.7 Å². The van der Waals surface area contributed by atoms with Gasteiger partial charge in [-0.1, -0.05) is 18.2 Å². The molecule has 2 unspecified atom stereocenters. The summed E-state index contributed by atoms with van der Waals surface area (Å²) >= 11 is 0. The average molecular weight is 351 g/mol. The van der Waals surface area contributed by atoms with Crippen LogP contribution in [0.5, 0.6) is 0 Å². The predicted molar refractivity (Wildman–Crippen MR) is 96.9 cm³/mol. The van der Waals surface area contributed by atoms with Crippen molar-refractivity contribution in [3.63, 3.8) is 0 Å². The molecule has 0 saturated heterocycles. The van der Waals surface area contributed by atoms with Gasteiger partial charge in [0, 0.05) is 19.0 Å². The van der Waals surface area contributed by atoms with Crippen LogP contribution < -0.4 is 16.6 Å². The number of rotatable bonds is 3. The van der Waals surface area contributed by atoms with Gasteiger partial charge in [0.05, 0.1) is 11.4 Å². The largest absolute Gasteiger partial charge is 0.328 e.